The van der Waals surface area contributed by atoms with Crippen molar-refractivity contribution in [2.75, 3.05) is 27.2 Å². The number of likely N-dealkylation sites (tertiary alicyclic amines) is 1. The van der Waals surface area contributed by atoms with Gasteiger partial charge in [0.25, 0.3) is 0 Å². The minimum atomic E-state index is 0.0423. The number of nitrogens with zero attached hydrogens (tertiary/aromatic N) is 2. The van der Waals surface area contributed by atoms with Crippen LogP contribution in [0.25, 0.3) is 0 Å². The molecule has 0 bridgehead atoms. The van der Waals surface area contributed by atoms with Crippen molar-refractivity contribution in [1.29, 1.82) is 0 Å². The van der Waals surface area contributed by atoms with Gasteiger partial charge in [-0.05, 0) is 64.8 Å². The van der Waals surface area contributed by atoms with Gasteiger partial charge in [-0.3, -0.25) is 0 Å². The molecule has 1 atom stereocenters. The van der Waals surface area contributed by atoms with Crippen molar-refractivity contribution in [3.63, 3.8) is 0 Å². The number of nitrogens with one attached hydrogen (secondary N) is 1. The highest BCUT2D eigenvalue weighted by atomic mass is 32.1. The van der Waals surface area contributed by atoms with E-state index in [4.69, 9.17) is 12.2 Å². The van der Waals surface area contributed by atoms with Crippen LogP contribution in [0, 0.1) is 5.41 Å². The Morgan fingerprint density at radius 3 is 2.35 bits per heavy atom. The lowest BCUT2D eigenvalue weighted by Gasteiger charge is -2.38. The number of rotatable bonds is 4. The molecule has 0 aliphatic carbocycles. The monoisotopic (exact) mass is 299 g/mol. The predicted octanol–water partition coefficient (Wildman–Crippen LogP) is 3.10. The largest absolute Gasteiger partial charge is 0.358 e. The van der Waals surface area contributed by atoms with E-state index in [9.17, 15) is 0 Å². The van der Waals surface area contributed by atoms with Crippen molar-refractivity contribution < 1.29 is 0 Å². The fourth-order valence-corrected chi connectivity index (χ4v) is 3.96. The Balaban J connectivity index is 2.61. The van der Waals surface area contributed by atoms with Crippen LogP contribution < -0.4 is 5.32 Å². The molecule has 20 heavy (non-hydrogen) atoms. The van der Waals surface area contributed by atoms with Gasteiger partial charge in [0.2, 0.25) is 0 Å². The Morgan fingerprint density at radius 1 is 1.25 bits per heavy atom. The molecule has 3 nitrogen and oxygen atoms in total. The summed E-state index contributed by atoms with van der Waals surface area (Å²) in [5.41, 5.74) is 0.348. The zero-order valence-electron chi connectivity index (χ0n) is 14.4. The molecule has 1 aliphatic heterocycles. The van der Waals surface area contributed by atoms with Crippen molar-refractivity contribution in [1.82, 2.24) is 15.1 Å². The second-order valence-electron chi connectivity index (χ2n) is 8.30. The summed E-state index contributed by atoms with van der Waals surface area (Å²) in [5, 5.41) is 4.53. The molecule has 1 heterocycles. The summed E-state index contributed by atoms with van der Waals surface area (Å²) in [6.07, 6.45) is 3.60. The van der Waals surface area contributed by atoms with Crippen molar-refractivity contribution in [3.8, 4) is 0 Å². The van der Waals surface area contributed by atoms with Gasteiger partial charge in [-0.1, -0.05) is 20.8 Å². The van der Waals surface area contributed by atoms with Gasteiger partial charge in [0.15, 0.2) is 5.11 Å². The second-order valence-corrected chi connectivity index (χ2v) is 8.69. The lowest BCUT2D eigenvalue weighted by Crippen LogP contribution is -2.53. The van der Waals surface area contributed by atoms with E-state index in [0.717, 1.165) is 24.6 Å². The predicted molar refractivity (Wildman–Crippen MR) is 92.2 cm³/mol. The number of thiocarbonyl (C=S) groups is 1. The van der Waals surface area contributed by atoms with Crippen molar-refractivity contribution >= 4 is 17.3 Å². The first-order valence-corrected chi connectivity index (χ1v) is 8.14. The van der Waals surface area contributed by atoms with Crippen LogP contribution >= 0.6 is 12.2 Å². The molecule has 1 saturated heterocycles. The molecule has 0 aromatic rings. The van der Waals surface area contributed by atoms with E-state index in [0.29, 0.717) is 11.5 Å². The lowest BCUT2D eigenvalue weighted by atomic mass is 9.82. The summed E-state index contributed by atoms with van der Waals surface area (Å²) < 4.78 is 0. The van der Waals surface area contributed by atoms with Crippen LogP contribution in [0.3, 0.4) is 0 Å². The van der Waals surface area contributed by atoms with Gasteiger partial charge in [0.05, 0.1) is 0 Å². The number of likely N-dealkylation sites (N-methyl/N-ethyl adjacent to an activating group) is 1. The quantitative estimate of drug-likeness (QED) is 0.804. The van der Waals surface area contributed by atoms with E-state index in [2.05, 4.69) is 63.8 Å². The van der Waals surface area contributed by atoms with Crippen molar-refractivity contribution in [3.05, 3.63) is 0 Å². The molecule has 4 heteroatoms. The first-order valence-electron chi connectivity index (χ1n) is 7.74. The van der Waals surface area contributed by atoms with Gasteiger partial charge in [-0.15, -0.1) is 0 Å². The molecule has 0 radical (unpaired) electrons. The van der Waals surface area contributed by atoms with E-state index >= 15 is 0 Å². The SMILES string of the molecule is CN(C)CC1CCCN1C(=S)NC(C)(C)CC(C)(C)C. The van der Waals surface area contributed by atoms with Crippen LogP contribution in [0.1, 0.15) is 53.9 Å². The van der Waals surface area contributed by atoms with E-state index < -0.39 is 0 Å². The molecule has 1 unspecified atom stereocenters. The van der Waals surface area contributed by atoms with E-state index in [1.807, 2.05) is 0 Å². The first-order chi connectivity index (χ1) is 9.00. The Kier molecular flexibility index (Phi) is 5.85. The molecule has 0 saturated carbocycles. The maximum absolute atomic E-state index is 5.68. The minimum absolute atomic E-state index is 0.0423. The third-order valence-corrected chi connectivity index (χ3v) is 3.97. The molecule has 1 aliphatic rings. The molecule has 0 amide bonds. The average molecular weight is 300 g/mol. The highest BCUT2D eigenvalue weighted by Crippen LogP contribution is 2.27. The molecule has 1 N–H and O–H groups in total. The molecule has 118 valence electrons. The van der Waals surface area contributed by atoms with Crippen LogP contribution in [0.2, 0.25) is 0 Å². The molecule has 0 spiro atoms. The van der Waals surface area contributed by atoms with E-state index in [1.165, 1.54) is 12.8 Å². The summed E-state index contributed by atoms with van der Waals surface area (Å²) >= 11 is 5.68. The Bertz CT molecular complexity index is 331. The van der Waals surface area contributed by atoms with E-state index in [1.54, 1.807) is 0 Å². The van der Waals surface area contributed by atoms with Crippen LogP contribution in [0.4, 0.5) is 0 Å². The van der Waals surface area contributed by atoms with Gasteiger partial charge in [0.1, 0.15) is 0 Å². The van der Waals surface area contributed by atoms with Crippen LogP contribution in [-0.2, 0) is 0 Å². The van der Waals surface area contributed by atoms with Gasteiger partial charge < -0.3 is 15.1 Å². The zero-order valence-corrected chi connectivity index (χ0v) is 15.2. The fraction of sp³-hybridized carbons (Fsp3) is 0.938. The highest BCUT2D eigenvalue weighted by Gasteiger charge is 2.31. The Hall–Kier alpha value is -0.350. The van der Waals surface area contributed by atoms with Crippen molar-refractivity contribution in [2.45, 2.75) is 65.5 Å². The standard InChI is InChI=1S/C16H33N3S/c1-15(2,3)12-16(4,5)17-14(20)19-10-8-9-13(19)11-18(6)7/h13H,8-12H2,1-7H3,(H,17,20). The smallest absolute Gasteiger partial charge is 0.169 e. The van der Waals surface area contributed by atoms with Gasteiger partial charge in [-0.25, -0.2) is 0 Å². The minimum Gasteiger partial charge on any atom is -0.358 e. The van der Waals surface area contributed by atoms with Crippen LogP contribution in [0.5, 0.6) is 0 Å². The van der Waals surface area contributed by atoms with Gasteiger partial charge in [-0.2, -0.15) is 0 Å². The third-order valence-electron chi connectivity index (χ3n) is 3.63. The van der Waals surface area contributed by atoms with Gasteiger partial charge >= 0.3 is 0 Å². The summed E-state index contributed by atoms with van der Waals surface area (Å²) in [7, 11) is 4.27. The maximum atomic E-state index is 5.68. The van der Waals surface area contributed by atoms with E-state index in [-0.39, 0.29) is 5.54 Å². The fourth-order valence-electron chi connectivity index (χ4n) is 3.45. The first kappa shape index (κ1) is 17.7. The summed E-state index contributed by atoms with van der Waals surface area (Å²) in [4.78, 5) is 4.64. The third kappa shape index (κ3) is 5.96. The van der Waals surface area contributed by atoms with Gasteiger partial charge in [0, 0.05) is 24.7 Å². The topological polar surface area (TPSA) is 18.5 Å². The van der Waals surface area contributed by atoms with Crippen LogP contribution in [-0.4, -0.2) is 53.7 Å². The summed E-state index contributed by atoms with van der Waals surface area (Å²) in [5.74, 6) is 0. The Morgan fingerprint density at radius 2 is 1.85 bits per heavy atom. The maximum Gasteiger partial charge on any atom is 0.169 e. The average Bonchev–Trinajstić information content (AvgIpc) is 2.59. The summed E-state index contributed by atoms with van der Waals surface area (Å²) in [6.45, 7) is 13.5. The molecule has 1 fully saturated rings. The number of hydrogen-bond acceptors (Lipinski definition) is 2. The molecular weight excluding hydrogens is 266 g/mol. The molecular formula is C16H33N3S. The lowest BCUT2D eigenvalue weighted by molar-refractivity contribution is 0.247. The van der Waals surface area contributed by atoms with Crippen LogP contribution in [0.15, 0.2) is 0 Å². The zero-order chi connectivity index (χ0) is 15.6. The highest BCUT2D eigenvalue weighted by molar-refractivity contribution is 7.80. The summed E-state index contributed by atoms with van der Waals surface area (Å²) in [6, 6.07) is 0.565. The number of hydrogen-bond donors (Lipinski definition) is 1. The molecule has 1 rings (SSSR count). The second kappa shape index (κ2) is 6.61. The molecule has 0 aromatic heterocycles. The normalized spacial score (nSPS) is 20.6. The Labute approximate surface area is 131 Å². The molecule has 0 aromatic carbocycles. The van der Waals surface area contributed by atoms with Crippen molar-refractivity contribution in [2.24, 2.45) is 5.41 Å².